The average molecular weight is 1660 g/mol. The van der Waals surface area contributed by atoms with Gasteiger partial charge in [0.2, 0.25) is 5.58 Å². The zero-order valence-electron chi connectivity index (χ0n) is 71.1. The predicted octanol–water partition coefficient (Wildman–Crippen LogP) is 32.8. The average Bonchev–Trinajstić information content (AvgIpc) is 1.50. The lowest BCUT2D eigenvalue weighted by Gasteiger charge is -2.30. The highest BCUT2D eigenvalue weighted by molar-refractivity contribution is 6.38. The summed E-state index contributed by atoms with van der Waals surface area (Å²) >= 11 is 0. The van der Waals surface area contributed by atoms with Crippen molar-refractivity contribution in [3.8, 4) is 84.0 Å². The van der Waals surface area contributed by atoms with Crippen molar-refractivity contribution in [1.82, 2.24) is 9.97 Å². The second kappa shape index (κ2) is 28.6. The van der Waals surface area contributed by atoms with E-state index in [1.54, 1.807) is 0 Å². The van der Waals surface area contributed by atoms with E-state index in [0.717, 1.165) is 155 Å². The van der Waals surface area contributed by atoms with Crippen molar-refractivity contribution >= 4 is 153 Å². The van der Waals surface area contributed by atoms with Gasteiger partial charge in [0.15, 0.2) is 18.2 Å². The van der Waals surface area contributed by atoms with E-state index in [-0.39, 0.29) is 5.92 Å². The van der Waals surface area contributed by atoms with E-state index >= 15 is 0 Å². The van der Waals surface area contributed by atoms with E-state index in [2.05, 4.69) is 453 Å². The highest BCUT2D eigenvalue weighted by Gasteiger charge is 2.52. The highest BCUT2D eigenvalue weighted by Crippen LogP contribution is 2.64. The number of furan rings is 2. The fraction of sp³-hybridized carbons (Fsp3) is 0.0325. The summed E-state index contributed by atoms with van der Waals surface area (Å²) in [4.78, 5) is 15.9. The van der Waals surface area contributed by atoms with Gasteiger partial charge in [-0.3, -0.25) is 0 Å². The number of benzene rings is 20. The van der Waals surface area contributed by atoms with Gasteiger partial charge in [-0.05, 0) is 240 Å². The van der Waals surface area contributed by atoms with Crippen molar-refractivity contribution in [2.24, 2.45) is 0 Å². The first-order chi connectivity index (χ1) is 64.3. The first kappa shape index (κ1) is 73.5. The third-order valence-electron chi connectivity index (χ3n) is 28.1. The summed E-state index contributed by atoms with van der Waals surface area (Å²) in [5.74, 6) is 0.861. The van der Waals surface area contributed by atoms with Gasteiger partial charge in [0.05, 0.1) is 28.2 Å². The van der Waals surface area contributed by atoms with Crippen LogP contribution >= 0.6 is 0 Å². The van der Waals surface area contributed by atoms with Gasteiger partial charge < -0.3 is 18.6 Å². The fourth-order valence-corrected chi connectivity index (χ4v) is 22.3. The minimum Gasteiger partial charge on any atom is -0.456 e. The molecule has 2 aliphatic rings. The number of pyridine rings is 1. The van der Waals surface area contributed by atoms with Gasteiger partial charge in [-0.25, -0.2) is 9.97 Å². The third kappa shape index (κ3) is 11.0. The van der Waals surface area contributed by atoms with Gasteiger partial charge in [-0.2, -0.15) is 4.57 Å². The maximum Gasteiger partial charge on any atom is 0.254 e. The Labute approximate surface area is 749 Å². The van der Waals surface area contributed by atoms with Crippen molar-refractivity contribution < 1.29 is 13.4 Å². The van der Waals surface area contributed by atoms with Crippen LogP contribution in [0.25, 0.3) is 203 Å². The van der Waals surface area contributed by atoms with Crippen LogP contribution in [0.1, 0.15) is 47.6 Å². The molecular formula is C123H78N5O2+. The van der Waals surface area contributed by atoms with E-state index in [1.807, 2.05) is 6.20 Å². The van der Waals surface area contributed by atoms with Gasteiger partial charge in [0.25, 0.3) is 5.69 Å². The molecule has 0 radical (unpaired) electrons. The first-order valence-corrected chi connectivity index (χ1v) is 44.9. The van der Waals surface area contributed by atoms with Crippen LogP contribution < -0.4 is 14.4 Å². The zero-order valence-corrected chi connectivity index (χ0v) is 71.1. The van der Waals surface area contributed by atoms with Gasteiger partial charge in [0.1, 0.15) is 16.7 Å². The van der Waals surface area contributed by atoms with E-state index in [1.165, 1.54) is 99.1 Å². The number of hydrogen-bond acceptors (Lipinski definition) is 6. The molecule has 0 unspecified atom stereocenters. The van der Waals surface area contributed by atoms with Crippen LogP contribution in [-0.4, -0.2) is 9.97 Å². The Morgan fingerprint density at radius 1 is 0.285 bits per heavy atom. The number of para-hydroxylation sites is 1. The van der Waals surface area contributed by atoms with Crippen molar-refractivity contribution in [3.63, 3.8) is 0 Å². The molecule has 0 amide bonds. The van der Waals surface area contributed by atoms with Crippen LogP contribution in [0, 0.1) is 0 Å². The van der Waals surface area contributed by atoms with Gasteiger partial charge in [0, 0.05) is 96.4 Å². The largest absolute Gasteiger partial charge is 0.456 e. The smallest absolute Gasteiger partial charge is 0.254 e. The van der Waals surface area contributed by atoms with Crippen LogP contribution in [0.15, 0.2) is 440 Å². The van der Waals surface area contributed by atoms with Crippen LogP contribution in [-0.2, 0) is 5.41 Å². The molecule has 0 N–H and O–H groups in total. The number of anilines is 6. The number of hydrogen-bond donors (Lipinski definition) is 0. The number of rotatable bonds is 13. The minimum atomic E-state index is -0.565. The van der Waals surface area contributed by atoms with Crippen LogP contribution in [0.2, 0.25) is 0 Å². The number of nitrogens with zero attached hydrogens (tertiary/aromatic N) is 5. The van der Waals surface area contributed by atoms with Crippen molar-refractivity contribution in [3.05, 3.63) is 459 Å². The zero-order chi connectivity index (χ0) is 85.6. The molecule has 7 heteroatoms. The lowest BCUT2D eigenvalue weighted by molar-refractivity contribution is -0.593. The Bertz CT molecular complexity index is 8980. The minimum absolute atomic E-state index is 0.251. The summed E-state index contributed by atoms with van der Waals surface area (Å²) in [7, 11) is 0. The van der Waals surface area contributed by atoms with Gasteiger partial charge >= 0.3 is 0 Å². The summed E-state index contributed by atoms with van der Waals surface area (Å²) in [6.07, 6.45) is 6.48. The van der Waals surface area contributed by atoms with Crippen molar-refractivity contribution in [1.29, 1.82) is 0 Å². The molecule has 25 aromatic rings. The second-order valence-electron chi connectivity index (χ2n) is 35.3. The third-order valence-corrected chi connectivity index (χ3v) is 28.1. The Morgan fingerprint density at radius 3 is 1.48 bits per heavy atom. The van der Waals surface area contributed by atoms with Crippen LogP contribution in [0.4, 0.5) is 34.1 Å². The standard InChI is InChI=1S/C123H78N5O2/c1-74(2)81-31-20-35-88(67-81)128(110-45-23-32-83-66-82(52-56-91(83)110)76-26-8-4-9-27-76)90-70-104-101-60-61-111(126-65-63-93-85(73-126)49-48-80-30-22-41-99(115(80)93)98-40-21-29-79-47-46-78-28-12-13-36-92(78)114(79)98)121-119(101)118-100(103-69-89(71-112-116(103)117(104)113(72-90)129-112)127(86-33-10-5-11-34-86)87-54-50-77(51-55-87)75-24-6-3-7-25-75)58-59-102(120(118)130-121)109-62-64-124-122(125-109)84-53-57-97-96-39-16-19-44-107(96)123(108(97)68-84)105-42-17-14-37-94(105)95-38-15-18-43-106(95)123/h3-74H,1-2H3/q+1. The second-order valence-corrected chi connectivity index (χ2v) is 35.3. The van der Waals surface area contributed by atoms with E-state index in [4.69, 9.17) is 18.8 Å². The molecule has 1 spiro atoms. The fourth-order valence-electron chi connectivity index (χ4n) is 22.3. The topological polar surface area (TPSA) is 62.4 Å². The van der Waals surface area contributed by atoms with Gasteiger partial charge in [-0.15, -0.1) is 0 Å². The molecule has 4 aromatic heterocycles. The maximum absolute atomic E-state index is 8.19. The van der Waals surface area contributed by atoms with Crippen molar-refractivity contribution in [2.75, 3.05) is 9.80 Å². The Balaban J connectivity index is 0.741. The SMILES string of the molecule is CC(C)c1cccc(N(c2cc3oc4cc(N(c5ccccc5)c5ccc(-c6ccccc6)cc5)cc5c6ccc(-c7ccnc(-c8ccc9c(c8)C8(c%10ccccc%10-c%10ccccc%108)c8ccccc8-9)n7)c7oc8c(-[n+]9ccc%10c(ccc%11cccc(-c%12cccc%13ccc%14ccccc%14c%12%13)c%11%10)c9)ccc(c(c2)c3c45)c8c76)c2cccc3cc(-c4ccccc4)ccc23)c1. The molecule has 2 aliphatic carbocycles. The molecule has 606 valence electrons. The molecule has 0 atom stereocenters. The molecule has 0 bridgehead atoms. The van der Waals surface area contributed by atoms with Crippen molar-refractivity contribution in [2.45, 2.75) is 25.2 Å². The maximum atomic E-state index is 8.19. The summed E-state index contributed by atoms with van der Waals surface area (Å²) in [6, 6.07) is 152. The molecule has 130 heavy (non-hydrogen) atoms. The highest BCUT2D eigenvalue weighted by atomic mass is 16.3. The Morgan fingerprint density at radius 2 is 0.792 bits per heavy atom. The monoisotopic (exact) mass is 1660 g/mol. The lowest BCUT2D eigenvalue weighted by Crippen LogP contribution is -2.29. The Hall–Kier alpha value is -16.9. The summed E-state index contributed by atoms with van der Waals surface area (Å²) in [5.41, 5.74) is 29.8. The van der Waals surface area contributed by atoms with E-state index in [9.17, 15) is 0 Å². The molecule has 27 rings (SSSR count). The van der Waals surface area contributed by atoms with Gasteiger partial charge in [-0.1, -0.05) is 311 Å². The van der Waals surface area contributed by atoms with E-state index in [0.29, 0.717) is 11.4 Å². The molecule has 21 aromatic carbocycles. The summed E-state index contributed by atoms with van der Waals surface area (Å²) in [6.45, 7) is 4.56. The van der Waals surface area contributed by atoms with Crippen LogP contribution in [0.3, 0.4) is 0 Å². The molecule has 7 nitrogen and oxygen atoms in total. The van der Waals surface area contributed by atoms with E-state index < -0.39 is 5.41 Å². The summed E-state index contributed by atoms with van der Waals surface area (Å²) in [5, 5.41) is 19.7. The molecule has 0 fully saturated rings. The normalized spacial score (nSPS) is 12.7. The predicted molar refractivity (Wildman–Crippen MR) is 539 cm³/mol. The number of aromatic nitrogens is 3. The Kier molecular flexibility index (Phi) is 16.2. The molecule has 0 saturated carbocycles. The molecule has 0 aliphatic heterocycles. The number of fused-ring (bicyclic) bond motifs is 19. The first-order valence-electron chi connectivity index (χ1n) is 44.9. The molecule has 4 heterocycles. The lowest BCUT2D eigenvalue weighted by atomic mass is 9.70. The molecular weight excluding hydrogens is 1580 g/mol. The van der Waals surface area contributed by atoms with Crippen LogP contribution in [0.5, 0.6) is 0 Å². The quantitative estimate of drug-likeness (QED) is 0.0847. The molecule has 0 saturated heterocycles. The summed E-state index contributed by atoms with van der Waals surface area (Å²) < 4.78 is 18.3.